The van der Waals surface area contributed by atoms with Crippen molar-refractivity contribution in [3.63, 3.8) is 0 Å². The van der Waals surface area contributed by atoms with Gasteiger partial charge in [-0.3, -0.25) is 0 Å². The van der Waals surface area contributed by atoms with Gasteiger partial charge in [0.25, 0.3) is 0 Å². The zero-order valence-electron chi connectivity index (χ0n) is 7.83. The number of aldehydes is 1. The Kier molecular flexibility index (Phi) is 2.94. The molecule has 74 valence electrons. The molecule has 0 aromatic carbocycles. The summed E-state index contributed by atoms with van der Waals surface area (Å²) in [5.41, 5.74) is -0.123. The van der Waals surface area contributed by atoms with E-state index in [0.29, 0.717) is 0 Å². The second-order valence-corrected chi connectivity index (χ2v) is 5.19. The van der Waals surface area contributed by atoms with E-state index in [1.807, 2.05) is 11.8 Å². The van der Waals surface area contributed by atoms with Gasteiger partial charge in [0.05, 0.1) is 11.5 Å². The van der Waals surface area contributed by atoms with Crippen molar-refractivity contribution < 1.29 is 9.53 Å². The average Bonchev–Trinajstić information content (AvgIpc) is 2.72. The number of carbonyl (C=O) groups is 1. The highest BCUT2D eigenvalue weighted by atomic mass is 32.2. The minimum atomic E-state index is -0.123. The first-order chi connectivity index (χ1) is 6.37. The van der Waals surface area contributed by atoms with E-state index in [-0.39, 0.29) is 11.5 Å². The molecule has 13 heavy (non-hydrogen) atoms. The van der Waals surface area contributed by atoms with Gasteiger partial charge in [-0.15, -0.1) is 0 Å². The Morgan fingerprint density at radius 3 is 2.69 bits per heavy atom. The first-order valence-electron chi connectivity index (χ1n) is 5.03. The van der Waals surface area contributed by atoms with Gasteiger partial charge in [0, 0.05) is 6.61 Å². The molecule has 0 N–H and O–H groups in total. The second-order valence-electron chi connectivity index (χ2n) is 3.97. The van der Waals surface area contributed by atoms with Gasteiger partial charge in [-0.25, -0.2) is 0 Å². The van der Waals surface area contributed by atoms with Gasteiger partial charge in [-0.05, 0) is 37.2 Å². The standard InChI is InChI=1S/C10H16O2S/c11-8-10(3-6-13-7-4-10)9-2-1-5-12-9/h8-9H,1-7H2. The number of thioether (sulfide) groups is 1. The quantitative estimate of drug-likeness (QED) is 0.637. The summed E-state index contributed by atoms with van der Waals surface area (Å²) in [7, 11) is 0. The smallest absolute Gasteiger partial charge is 0.128 e. The van der Waals surface area contributed by atoms with Crippen LogP contribution in [-0.4, -0.2) is 30.5 Å². The van der Waals surface area contributed by atoms with E-state index in [1.165, 1.54) is 6.29 Å². The van der Waals surface area contributed by atoms with Gasteiger partial charge in [0.15, 0.2) is 0 Å². The highest BCUT2D eigenvalue weighted by Crippen LogP contribution is 2.41. The first kappa shape index (κ1) is 9.53. The molecule has 2 rings (SSSR count). The summed E-state index contributed by atoms with van der Waals surface area (Å²) in [4.78, 5) is 11.2. The summed E-state index contributed by atoms with van der Waals surface area (Å²) in [6.07, 6.45) is 5.66. The minimum Gasteiger partial charge on any atom is -0.377 e. The zero-order chi connectivity index (χ0) is 9.15. The molecule has 2 aliphatic rings. The first-order valence-corrected chi connectivity index (χ1v) is 6.18. The van der Waals surface area contributed by atoms with Crippen LogP contribution in [-0.2, 0) is 9.53 Å². The van der Waals surface area contributed by atoms with Gasteiger partial charge in [0.1, 0.15) is 6.29 Å². The predicted octanol–water partition coefficient (Wildman–Crippen LogP) is 1.88. The lowest BCUT2D eigenvalue weighted by Gasteiger charge is -2.36. The fourth-order valence-corrected chi connectivity index (χ4v) is 3.55. The molecule has 2 nitrogen and oxygen atoms in total. The van der Waals surface area contributed by atoms with E-state index in [9.17, 15) is 4.79 Å². The van der Waals surface area contributed by atoms with E-state index >= 15 is 0 Å². The molecule has 0 aromatic heterocycles. The lowest BCUT2D eigenvalue weighted by Crippen LogP contribution is -2.39. The predicted molar refractivity (Wildman–Crippen MR) is 54.0 cm³/mol. The Labute approximate surface area is 83.4 Å². The molecule has 0 saturated carbocycles. The lowest BCUT2D eigenvalue weighted by atomic mass is 9.77. The molecule has 0 aromatic rings. The fourth-order valence-electron chi connectivity index (χ4n) is 2.30. The summed E-state index contributed by atoms with van der Waals surface area (Å²) in [6, 6.07) is 0. The van der Waals surface area contributed by atoms with Gasteiger partial charge >= 0.3 is 0 Å². The largest absolute Gasteiger partial charge is 0.377 e. The summed E-state index contributed by atoms with van der Waals surface area (Å²) in [5.74, 6) is 2.25. The second kappa shape index (κ2) is 4.01. The Hall–Kier alpha value is -0.0200. The van der Waals surface area contributed by atoms with Crippen molar-refractivity contribution in [2.75, 3.05) is 18.1 Å². The molecule has 0 aliphatic carbocycles. The molecule has 0 bridgehead atoms. The van der Waals surface area contributed by atoms with Gasteiger partial charge in [-0.2, -0.15) is 11.8 Å². The van der Waals surface area contributed by atoms with Crippen molar-refractivity contribution in [2.24, 2.45) is 5.41 Å². The van der Waals surface area contributed by atoms with Crippen molar-refractivity contribution in [3.05, 3.63) is 0 Å². The molecule has 0 radical (unpaired) electrons. The molecule has 3 heteroatoms. The average molecular weight is 200 g/mol. The topological polar surface area (TPSA) is 26.3 Å². The molecule has 1 atom stereocenters. The van der Waals surface area contributed by atoms with Crippen molar-refractivity contribution in [1.82, 2.24) is 0 Å². The van der Waals surface area contributed by atoms with Crippen molar-refractivity contribution in [2.45, 2.75) is 31.8 Å². The Morgan fingerprint density at radius 2 is 2.15 bits per heavy atom. The molecule has 0 amide bonds. The monoisotopic (exact) mass is 200 g/mol. The number of hydrogen-bond acceptors (Lipinski definition) is 3. The van der Waals surface area contributed by atoms with Gasteiger partial charge in [-0.1, -0.05) is 0 Å². The molecule has 2 heterocycles. The van der Waals surface area contributed by atoms with Gasteiger partial charge in [0.2, 0.25) is 0 Å². The van der Waals surface area contributed by atoms with Crippen LogP contribution in [0.5, 0.6) is 0 Å². The van der Waals surface area contributed by atoms with Crippen LogP contribution in [0.15, 0.2) is 0 Å². The zero-order valence-corrected chi connectivity index (χ0v) is 8.65. The number of hydrogen-bond donors (Lipinski definition) is 0. The summed E-state index contributed by atoms with van der Waals surface area (Å²) in [6.45, 7) is 0.855. The van der Waals surface area contributed by atoms with Crippen LogP contribution in [0.1, 0.15) is 25.7 Å². The van der Waals surface area contributed by atoms with Crippen molar-refractivity contribution >= 4 is 18.0 Å². The highest BCUT2D eigenvalue weighted by molar-refractivity contribution is 7.99. The van der Waals surface area contributed by atoms with E-state index in [0.717, 1.165) is 43.8 Å². The molecular weight excluding hydrogens is 184 g/mol. The van der Waals surface area contributed by atoms with Crippen LogP contribution >= 0.6 is 11.8 Å². The highest BCUT2D eigenvalue weighted by Gasteiger charge is 2.42. The number of carbonyl (C=O) groups excluding carboxylic acids is 1. The van der Waals surface area contributed by atoms with Gasteiger partial charge < -0.3 is 9.53 Å². The minimum absolute atomic E-state index is 0.123. The van der Waals surface area contributed by atoms with Crippen molar-refractivity contribution in [3.8, 4) is 0 Å². The summed E-state index contributed by atoms with van der Waals surface area (Å²) < 4.78 is 5.65. The van der Waals surface area contributed by atoms with Crippen LogP contribution in [0.3, 0.4) is 0 Å². The fraction of sp³-hybridized carbons (Fsp3) is 0.900. The number of ether oxygens (including phenoxy) is 1. The Balaban J connectivity index is 2.07. The maximum absolute atomic E-state index is 11.2. The Morgan fingerprint density at radius 1 is 1.38 bits per heavy atom. The van der Waals surface area contributed by atoms with Crippen LogP contribution in [0.4, 0.5) is 0 Å². The maximum Gasteiger partial charge on any atom is 0.128 e. The molecule has 2 aliphatic heterocycles. The SMILES string of the molecule is O=CC1(C2CCCO2)CCSCC1. The van der Waals surface area contributed by atoms with Crippen LogP contribution in [0.2, 0.25) is 0 Å². The van der Waals surface area contributed by atoms with E-state index in [1.54, 1.807) is 0 Å². The number of rotatable bonds is 2. The Bertz CT molecular complexity index is 181. The van der Waals surface area contributed by atoms with E-state index < -0.39 is 0 Å². The molecule has 1 unspecified atom stereocenters. The van der Waals surface area contributed by atoms with Crippen LogP contribution in [0.25, 0.3) is 0 Å². The molecule has 2 fully saturated rings. The van der Waals surface area contributed by atoms with E-state index in [4.69, 9.17) is 4.74 Å². The van der Waals surface area contributed by atoms with Crippen LogP contribution < -0.4 is 0 Å². The van der Waals surface area contributed by atoms with Crippen molar-refractivity contribution in [1.29, 1.82) is 0 Å². The summed E-state index contributed by atoms with van der Waals surface area (Å²) in [5, 5.41) is 0. The lowest BCUT2D eigenvalue weighted by molar-refractivity contribution is -0.124. The molecular formula is C10H16O2S. The maximum atomic E-state index is 11.2. The third-order valence-corrected chi connectivity index (χ3v) is 4.21. The van der Waals surface area contributed by atoms with E-state index in [2.05, 4.69) is 0 Å². The molecule has 0 spiro atoms. The molecule has 2 saturated heterocycles. The van der Waals surface area contributed by atoms with Crippen LogP contribution in [0, 0.1) is 5.41 Å². The third kappa shape index (κ3) is 1.77. The summed E-state index contributed by atoms with van der Waals surface area (Å²) >= 11 is 1.96. The third-order valence-electron chi connectivity index (χ3n) is 3.23. The normalized spacial score (nSPS) is 33.1.